The van der Waals surface area contributed by atoms with E-state index in [0.29, 0.717) is 44.4 Å². The van der Waals surface area contributed by atoms with Gasteiger partial charge in [0.25, 0.3) is 0 Å². The maximum Gasteiger partial charge on any atom is 0.0827 e. The molecule has 0 aliphatic heterocycles. The lowest BCUT2D eigenvalue weighted by molar-refractivity contribution is 0.00881. The number of nitrogens with zero attached hydrogens (tertiary/aromatic N) is 3. The fraction of sp³-hybridized carbons (Fsp3) is 0.895. The van der Waals surface area contributed by atoms with Gasteiger partial charge >= 0.3 is 0 Å². The number of aryl methyl sites for hydroxylation is 1. The zero-order valence-electron chi connectivity index (χ0n) is 16.8. The Bertz CT molecular complexity index is 441. The molecule has 6 nitrogen and oxygen atoms in total. The van der Waals surface area contributed by atoms with E-state index in [4.69, 9.17) is 14.2 Å². The van der Waals surface area contributed by atoms with Gasteiger partial charge in [-0.1, -0.05) is 39.8 Å². The highest BCUT2D eigenvalue weighted by molar-refractivity contribution is 4.92. The second kappa shape index (κ2) is 12.4. The van der Waals surface area contributed by atoms with Crippen molar-refractivity contribution in [2.24, 2.45) is 11.3 Å². The van der Waals surface area contributed by atoms with Gasteiger partial charge in [-0.05, 0) is 30.6 Å². The summed E-state index contributed by atoms with van der Waals surface area (Å²) in [6.07, 6.45) is 5.21. The van der Waals surface area contributed by atoms with Crippen LogP contribution in [0.1, 0.15) is 53.2 Å². The molecule has 0 N–H and O–H groups in total. The van der Waals surface area contributed by atoms with E-state index in [-0.39, 0.29) is 0 Å². The van der Waals surface area contributed by atoms with E-state index < -0.39 is 0 Å². The Morgan fingerprint density at radius 2 is 1.56 bits per heavy atom. The lowest BCUT2D eigenvalue weighted by Gasteiger charge is -2.17. The molecule has 6 heteroatoms. The van der Waals surface area contributed by atoms with Gasteiger partial charge in [0.15, 0.2) is 0 Å². The van der Waals surface area contributed by atoms with E-state index in [1.807, 2.05) is 10.9 Å². The van der Waals surface area contributed by atoms with Crippen LogP contribution in [0, 0.1) is 11.3 Å². The summed E-state index contributed by atoms with van der Waals surface area (Å²) in [5, 5.41) is 8.31. The maximum absolute atomic E-state index is 5.56. The number of aromatic nitrogens is 3. The zero-order valence-corrected chi connectivity index (χ0v) is 16.8. The minimum absolute atomic E-state index is 0.327. The molecule has 0 spiro atoms. The fourth-order valence-electron chi connectivity index (χ4n) is 2.08. The monoisotopic (exact) mass is 355 g/mol. The average Bonchev–Trinajstić information content (AvgIpc) is 2.97. The molecule has 1 aromatic rings. The van der Waals surface area contributed by atoms with E-state index >= 15 is 0 Å². The summed E-state index contributed by atoms with van der Waals surface area (Å²) in [7, 11) is 0. The van der Waals surface area contributed by atoms with Gasteiger partial charge in [0, 0.05) is 12.8 Å². The van der Waals surface area contributed by atoms with Crippen LogP contribution in [0.4, 0.5) is 0 Å². The maximum atomic E-state index is 5.56. The molecule has 0 radical (unpaired) electrons. The van der Waals surface area contributed by atoms with Gasteiger partial charge in [-0.2, -0.15) is 0 Å². The summed E-state index contributed by atoms with van der Waals surface area (Å²) in [6, 6.07) is 0. The van der Waals surface area contributed by atoms with Crippen molar-refractivity contribution in [1.29, 1.82) is 0 Å². The van der Waals surface area contributed by atoms with Crippen LogP contribution in [0.2, 0.25) is 0 Å². The minimum Gasteiger partial charge on any atom is -0.379 e. The molecule has 0 saturated heterocycles. The van der Waals surface area contributed by atoms with Crippen LogP contribution in [-0.2, 0) is 27.2 Å². The summed E-state index contributed by atoms with van der Waals surface area (Å²) < 4.78 is 18.4. The van der Waals surface area contributed by atoms with Crippen molar-refractivity contribution in [3.05, 3.63) is 11.9 Å². The summed E-state index contributed by atoms with van der Waals surface area (Å²) in [5.74, 6) is 0.692. The van der Waals surface area contributed by atoms with Crippen molar-refractivity contribution in [1.82, 2.24) is 15.0 Å². The molecular formula is C19H37N3O3. The molecular weight excluding hydrogens is 318 g/mol. The quantitative estimate of drug-likeness (QED) is 0.479. The third-order valence-electron chi connectivity index (χ3n) is 3.77. The molecule has 0 atom stereocenters. The van der Waals surface area contributed by atoms with E-state index in [9.17, 15) is 0 Å². The topological polar surface area (TPSA) is 58.4 Å². The van der Waals surface area contributed by atoms with Gasteiger partial charge in [-0.15, -0.1) is 5.10 Å². The molecule has 1 heterocycles. The summed E-state index contributed by atoms with van der Waals surface area (Å²) in [4.78, 5) is 0. The fourth-order valence-corrected chi connectivity index (χ4v) is 2.08. The van der Waals surface area contributed by atoms with Crippen molar-refractivity contribution < 1.29 is 14.2 Å². The molecule has 0 aromatic carbocycles. The van der Waals surface area contributed by atoms with Crippen LogP contribution < -0.4 is 0 Å². The van der Waals surface area contributed by atoms with Crippen molar-refractivity contribution in [3.63, 3.8) is 0 Å². The van der Waals surface area contributed by atoms with Crippen LogP contribution >= 0.6 is 0 Å². The van der Waals surface area contributed by atoms with Gasteiger partial charge in [0.1, 0.15) is 0 Å². The standard InChI is InChI=1S/C19H37N3O3/c1-17(2)6-7-18-16-22(21-20-18)9-11-24-13-15-25-14-12-23-10-8-19(3,4)5/h16-17H,6-15H2,1-5H3. The smallest absolute Gasteiger partial charge is 0.0827 e. The number of hydrogen-bond acceptors (Lipinski definition) is 5. The van der Waals surface area contributed by atoms with Gasteiger partial charge in [0.2, 0.25) is 0 Å². The predicted molar refractivity (Wildman–Crippen MR) is 99.7 cm³/mol. The third-order valence-corrected chi connectivity index (χ3v) is 3.77. The molecule has 0 aliphatic rings. The van der Waals surface area contributed by atoms with Crippen LogP contribution in [0.3, 0.4) is 0 Å². The number of hydrogen-bond donors (Lipinski definition) is 0. The van der Waals surface area contributed by atoms with Crippen molar-refractivity contribution in [3.8, 4) is 0 Å². The summed E-state index contributed by atoms with van der Waals surface area (Å²) >= 11 is 0. The molecule has 1 rings (SSSR count). The van der Waals surface area contributed by atoms with Crippen LogP contribution in [0.15, 0.2) is 6.20 Å². The van der Waals surface area contributed by atoms with Crippen LogP contribution in [0.5, 0.6) is 0 Å². The Balaban J connectivity index is 1.90. The highest BCUT2D eigenvalue weighted by Crippen LogP contribution is 2.17. The van der Waals surface area contributed by atoms with E-state index in [1.54, 1.807) is 0 Å². The average molecular weight is 356 g/mol. The lowest BCUT2D eigenvalue weighted by atomic mass is 9.93. The Kier molecular flexibility index (Phi) is 10.9. The normalized spacial score (nSPS) is 12.2. The Hall–Kier alpha value is -0.980. The van der Waals surface area contributed by atoms with Gasteiger partial charge in [-0.3, -0.25) is 0 Å². The van der Waals surface area contributed by atoms with E-state index in [2.05, 4.69) is 44.9 Å². The highest BCUT2D eigenvalue weighted by Gasteiger charge is 2.08. The molecule has 1 aromatic heterocycles. The molecule has 0 bridgehead atoms. The van der Waals surface area contributed by atoms with Gasteiger partial charge in [-0.25, -0.2) is 4.68 Å². The van der Waals surface area contributed by atoms with Crippen LogP contribution in [-0.4, -0.2) is 54.6 Å². The highest BCUT2D eigenvalue weighted by atomic mass is 16.5. The first kappa shape index (κ1) is 22.1. The third kappa shape index (κ3) is 13.0. The van der Waals surface area contributed by atoms with Crippen LogP contribution in [0.25, 0.3) is 0 Å². The first-order valence-electron chi connectivity index (χ1n) is 9.49. The predicted octanol–water partition coefficient (Wildman–Crippen LogP) is 3.35. The minimum atomic E-state index is 0.327. The Morgan fingerprint density at radius 1 is 0.960 bits per heavy atom. The Labute approximate surface area is 153 Å². The lowest BCUT2D eigenvalue weighted by Crippen LogP contribution is -2.14. The number of rotatable bonds is 14. The molecule has 0 fully saturated rings. The van der Waals surface area contributed by atoms with E-state index in [1.165, 1.54) is 0 Å². The molecule has 0 unspecified atom stereocenters. The SMILES string of the molecule is CC(C)CCc1cn(CCOCCOCCOCCC(C)(C)C)nn1. The molecule has 25 heavy (non-hydrogen) atoms. The molecule has 0 amide bonds. The van der Waals surface area contributed by atoms with Crippen molar-refractivity contribution in [2.75, 3.05) is 39.6 Å². The molecule has 0 saturated carbocycles. The first-order chi connectivity index (χ1) is 11.9. The van der Waals surface area contributed by atoms with Crippen molar-refractivity contribution in [2.45, 2.75) is 60.4 Å². The van der Waals surface area contributed by atoms with Gasteiger partial charge < -0.3 is 14.2 Å². The second-order valence-corrected chi connectivity index (χ2v) is 8.05. The first-order valence-corrected chi connectivity index (χ1v) is 9.49. The molecule has 146 valence electrons. The second-order valence-electron chi connectivity index (χ2n) is 8.05. The molecule has 0 aliphatic carbocycles. The Morgan fingerprint density at radius 3 is 2.16 bits per heavy atom. The summed E-state index contributed by atoms with van der Waals surface area (Å²) in [5.41, 5.74) is 1.39. The van der Waals surface area contributed by atoms with Crippen molar-refractivity contribution >= 4 is 0 Å². The van der Waals surface area contributed by atoms with Gasteiger partial charge in [0.05, 0.1) is 45.3 Å². The zero-order chi connectivity index (χ0) is 18.5. The largest absolute Gasteiger partial charge is 0.379 e. The van der Waals surface area contributed by atoms with E-state index in [0.717, 1.165) is 38.1 Å². The number of ether oxygens (including phenoxy) is 3. The summed E-state index contributed by atoms with van der Waals surface area (Å²) in [6.45, 7) is 15.7.